The number of esters is 1. The van der Waals surface area contributed by atoms with E-state index in [1.165, 1.54) is 0 Å². The summed E-state index contributed by atoms with van der Waals surface area (Å²) in [6.45, 7) is 1.40. The molecule has 0 aliphatic carbocycles. The first-order valence-corrected chi connectivity index (χ1v) is 4.55. The largest absolute Gasteiger partial charge is 0.461 e. The van der Waals surface area contributed by atoms with Crippen molar-refractivity contribution in [3.05, 3.63) is 10.4 Å². The van der Waals surface area contributed by atoms with Gasteiger partial charge in [0, 0.05) is 16.9 Å². The molecule has 76 valence electrons. The van der Waals surface area contributed by atoms with E-state index in [-0.39, 0.29) is 24.0 Å². The summed E-state index contributed by atoms with van der Waals surface area (Å²) in [6.07, 6.45) is 0.900. The molecule has 0 radical (unpaired) electrons. The minimum absolute atomic E-state index is 0.214. The summed E-state index contributed by atoms with van der Waals surface area (Å²) in [4.78, 5) is 13.8. The molecule has 2 saturated heterocycles. The maximum atomic E-state index is 11.2. The molecular weight excluding hydrogens is 186 g/mol. The summed E-state index contributed by atoms with van der Waals surface area (Å²) >= 11 is 0. The van der Waals surface area contributed by atoms with Gasteiger partial charge in [-0.1, -0.05) is 5.11 Å². The van der Waals surface area contributed by atoms with Gasteiger partial charge in [0.05, 0.1) is 19.6 Å². The minimum Gasteiger partial charge on any atom is -0.461 e. The molecule has 0 aromatic heterocycles. The van der Waals surface area contributed by atoms with E-state index in [2.05, 4.69) is 10.0 Å². The van der Waals surface area contributed by atoms with Crippen molar-refractivity contribution in [2.75, 3.05) is 19.8 Å². The molecule has 2 fully saturated rings. The van der Waals surface area contributed by atoms with Crippen molar-refractivity contribution in [2.24, 2.45) is 10.5 Å². The fourth-order valence-corrected chi connectivity index (χ4v) is 2.08. The average molecular weight is 197 g/mol. The van der Waals surface area contributed by atoms with Gasteiger partial charge in [0.1, 0.15) is 6.10 Å². The van der Waals surface area contributed by atoms with Crippen LogP contribution >= 0.6 is 0 Å². The van der Waals surface area contributed by atoms with Crippen molar-refractivity contribution in [1.82, 2.24) is 0 Å². The molecule has 1 spiro atoms. The topological polar surface area (TPSA) is 84.3 Å². The standard InChI is InChI=1S/C8H11N3O3/c9-11-10-4-6-8(1-2-13-5-8)3-7(12)14-6/h6H,1-5H2. The van der Waals surface area contributed by atoms with Gasteiger partial charge in [-0.15, -0.1) is 0 Å². The van der Waals surface area contributed by atoms with Gasteiger partial charge in [0.2, 0.25) is 0 Å². The zero-order chi connectivity index (χ0) is 10.0. The Balaban J connectivity index is 2.12. The second kappa shape index (κ2) is 3.48. The van der Waals surface area contributed by atoms with Crippen LogP contribution < -0.4 is 0 Å². The van der Waals surface area contributed by atoms with Gasteiger partial charge in [0.15, 0.2) is 0 Å². The zero-order valence-corrected chi connectivity index (χ0v) is 7.68. The second-order valence-electron chi connectivity index (χ2n) is 3.73. The Hall–Kier alpha value is -1.26. The number of ether oxygens (including phenoxy) is 2. The van der Waals surface area contributed by atoms with Crippen molar-refractivity contribution in [2.45, 2.75) is 18.9 Å². The van der Waals surface area contributed by atoms with Crippen LogP contribution in [0, 0.1) is 5.41 Å². The quantitative estimate of drug-likeness (QED) is 0.286. The normalized spacial score (nSPS) is 35.7. The smallest absolute Gasteiger partial charge is 0.306 e. The van der Waals surface area contributed by atoms with Gasteiger partial charge in [-0.2, -0.15) is 0 Å². The summed E-state index contributed by atoms with van der Waals surface area (Å²) in [7, 11) is 0. The van der Waals surface area contributed by atoms with Crippen LogP contribution in [-0.4, -0.2) is 31.8 Å². The Morgan fingerprint density at radius 1 is 1.71 bits per heavy atom. The van der Waals surface area contributed by atoms with Crippen LogP contribution in [0.1, 0.15) is 12.8 Å². The molecule has 6 nitrogen and oxygen atoms in total. The van der Waals surface area contributed by atoms with Crippen molar-refractivity contribution in [3.8, 4) is 0 Å². The van der Waals surface area contributed by atoms with E-state index in [1.807, 2.05) is 0 Å². The van der Waals surface area contributed by atoms with Crippen LogP contribution in [-0.2, 0) is 14.3 Å². The number of hydrogen-bond acceptors (Lipinski definition) is 4. The van der Waals surface area contributed by atoms with Crippen LogP contribution in [0.4, 0.5) is 0 Å². The Labute approximate surface area is 80.8 Å². The number of cyclic esters (lactones) is 1. The predicted molar refractivity (Wildman–Crippen MR) is 46.4 cm³/mol. The molecule has 0 amide bonds. The second-order valence-corrected chi connectivity index (χ2v) is 3.73. The van der Waals surface area contributed by atoms with Crippen molar-refractivity contribution < 1.29 is 14.3 Å². The summed E-state index contributed by atoms with van der Waals surface area (Å²) in [5.74, 6) is -0.214. The van der Waals surface area contributed by atoms with Crippen LogP contribution in [0.25, 0.3) is 10.4 Å². The lowest BCUT2D eigenvalue weighted by Gasteiger charge is -2.24. The van der Waals surface area contributed by atoms with E-state index in [4.69, 9.17) is 15.0 Å². The monoisotopic (exact) mass is 197 g/mol. The van der Waals surface area contributed by atoms with Gasteiger partial charge in [-0.3, -0.25) is 4.79 Å². The summed E-state index contributed by atoms with van der Waals surface area (Å²) in [6, 6.07) is 0. The third-order valence-corrected chi connectivity index (χ3v) is 2.90. The lowest BCUT2D eigenvalue weighted by molar-refractivity contribution is -0.141. The molecule has 0 aromatic carbocycles. The maximum absolute atomic E-state index is 11.2. The highest BCUT2D eigenvalue weighted by molar-refractivity contribution is 5.73. The lowest BCUT2D eigenvalue weighted by atomic mass is 9.80. The Morgan fingerprint density at radius 2 is 2.57 bits per heavy atom. The van der Waals surface area contributed by atoms with Crippen LogP contribution in [0.3, 0.4) is 0 Å². The highest BCUT2D eigenvalue weighted by Gasteiger charge is 2.50. The predicted octanol–water partition coefficient (Wildman–Crippen LogP) is 1.02. The molecule has 0 N–H and O–H groups in total. The molecule has 2 aliphatic rings. The van der Waals surface area contributed by atoms with Crippen molar-refractivity contribution in [1.29, 1.82) is 0 Å². The molecule has 2 unspecified atom stereocenters. The van der Waals surface area contributed by atoms with Crippen molar-refractivity contribution in [3.63, 3.8) is 0 Å². The molecule has 0 saturated carbocycles. The Bertz CT molecular complexity index is 292. The van der Waals surface area contributed by atoms with Crippen LogP contribution in [0.15, 0.2) is 5.11 Å². The molecule has 2 heterocycles. The van der Waals surface area contributed by atoms with Gasteiger partial charge >= 0.3 is 5.97 Å². The number of rotatable bonds is 2. The van der Waals surface area contributed by atoms with E-state index in [9.17, 15) is 4.79 Å². The van der Waals surface area contributed by atoms with E-state index in [0.717, 1.165) is 6.42 Å². The zero-order valence-electron chi connectivity index (χ0n) is 7.68. The van der Waals surface area contributed by atoms with E-state index in [0.29, 0.717) is 19.6 Å². The van der Waals surface area contributed by atoms with E-state index < -0.39 is 0 Å². The first-order chi connectivity index (χ1) is 6.77. The molecule has 0 aromatic rings. The Kier molecular flexibility index (Phi) is 2.31. The molecule has 2 aliphatic heterocycles. The number of carbonyl (C=O) groups is 1. The van der Waals surface area contributed by atoms with E-state index >= 15 is 0 Å². The average Bonchev–Trinajstić information content (AvgIpc) is 2.72. The van der Waals surface area contributed by atoms with Gasteiger partial charge in [-0.05, 0) is 12.0 Å². The summed E-state index contributed by atoms with van der Waals surface area (Å²) < 4.78 is 10.4. The molecule has 6 heteroatoms. The van der Waals surface area contributed by atoms with Crippen LogP contribution in [0.5, 0.6) is 0 Å². The van der Waals surface area contributed by atoms with Gasteiger partial charge in [0.25, 0.3) is 0 Å². The van der Waals surface area contributed by atoms with Crippen LogP contribution in [0.2, 0.25) is 0 Å². The first-order valence-electron chi connectivity index (χ1n) is 4.55. The third kappa shape index (κ3) is 1.42. The third-order valence-electron chi connectivity index (χ3n) is 2.90. The number of hydrogen-bond donors (Lipinski definition) is 0. The Morgan fingerprint density at radius 3 is 3.21 bits per heavy atom. The lowest BCUT2D eigenvalue weighted by Crippen LogP contribution is -2.33. The number of carbonyl (C=O) groups excluding carboxylic acids is 1. The minimum atomic E-state index is -0.298. The highest BCUT2D eigenvalue weighted by Crippen LogP contribution is 2.42. The van der Waals surface area contributed by atoms with Gasteiger partial charge < -0.3 is 9.47 Å². The maximum Gasteiger partial charge on any atom is 0.306 e. The van der Waals surface area contributed by atoms with E-state index in [1.54, 1.807) is 0 Å². The summed E-state index contributed by atoms with van der Waals surface area (Å²) in [5.41, 5.74) is 7.98. The fraction of sp³-hybridized carbons (Fsp3) is 0.875. The number of azide groups is 1. The molecular formula is C8H11N3O3. The fourth-order valence-electron chi connectivity index (χ4n) is 2.08. The number of nitrogens with zero attached hydrogens (tertiary/aromatic N) is 3. The van der Waals surface area contributed by atoms with Gasteiger partial charge in [-0.25, -0.2) is 0 Å². The SMILES string of the molecule is [N-]=[N+]=NCC1OC(=O)CC12CCOC2. The molecule has 2 rings (SSSR count). The highest BCUT2D eigenvalue weighted by atomic mass is 16.6. The molecule has 14 heavy (non-hydrogen) atoms. The van der Waals surface area contributed by atoms with Crippen molar-refractivity contribution >= 4 is 5.97 Å². The summed E-state index contributed by atoms with van der Waals surface area (Å²) in [5, 5.41) is 3.45. The first kappa shape index (κ1) is 9.30. The molecule has 0 bridgehead atoms. The molecule has 2 atom stereocenters.